The van der Waals surface area contributed by atoms with Gasteiger partial charge in [-0.3, -0.25) is 4.79 Å². The minimum absolute atomic E-state index is 0.0860. The standard InChI is InChI=1S/C18H22N4O3S2/c1-12-9-15(13(2)22(12)10-14-5-4-7-25-14)16(23)11-26-18-21-20-17(27-18)19-6-8-24-3/h4-5,7,9H,6,8,10-11H2,1-3H3,(H,19,20). The summed E-state index contributed by atoms with van der Waals surface area (Å²) in [6.07, 6.45) is 1.66. The van der Waals surface area contributed by atoms with E-state index in [1.165, 1.54) is 23.1 Å². The number of nitrogens with zero attached hydrogens (tertiary/aromatic N) is 3. The lowest BCUT2D eigenvalue weighted by atomic mass is 10.2. The lowest BCUT2D eigenvalue weighted by Gasteiger charge is -2.07. The molecule has 7 nitrogen and oxygen atoms in total. The van der Waals surface area contributed by atoms with E-state index in [1.807, 2.05) is 32.0 Å². The van der Waals surface area contributed by atoms with Gasteiger partial charge in [0.15, 0.2) is 10.1 Å². The first-order valence-electron chi connectivity index (χ1n) is 8.50. The van der Waals surface area contributed by atoms with Gasteiger partial charge in [-0.2, -0.15) is 0 Å². The van der Waals surface area contributed by atoms with Gasteiger partial charge in [-0.05, 0) is 32.0 Å². The fourth-order valence-corrected chi connectivity index (χ4v) is 4.35. The highest BCUT2D eigenvalue weighted by Crippen LogP contribution is 2.27. The average molecular weight is 407 g/mol. The van der Waals surface area contributed by atoms with Crippen molar-refractivity contribution in [1.29, 1.82) is 0 Å². The number of carbonyl (C=O) groups is 1. The van der Waals surface area contributed by atoms with Gasteiger partial charge in [0, 0.05) is 30.6 Å². The van der Waals surface area contributed by atoms with Gasteiger partial charge in [-0.1, -0.05) is 23.1 Å². The van der Waals surface area contributed by atoms with E-state index in [1.54, 1.807) is 13.4 Å². The first kappa shape index (κ1) is 19.7. The number of aromatic nitrogens is 3. The van der Waals surface area contributed by atoms with Crippen molar-refractivity contribution in [2.45, 2.75) is 24.7 Å². The number of anilines is 1. The molecule has 0 unspecified atom stereocenters. The summed E-state index contributed by atoms with van der Waals surface area (Å²) in [6, 6.07) is 5.75. The summed E-state index contributed by atoms with van der Waals surface area (Å²) in [5.41, 5.74) is 2.74. The van der Waals surface area contributed by atoms with Gasteiger partial charge < -0.3 is 19.0 Å². The predicted molar refractivity (Wildman–Crippen MR) is 107 cm³/mol. The molecule has 0 bridgehead atoms. The summed E-state index contributed by atoms with van der Waals surface area (Å²) in [5, 5.41) is 12.1. The van der Waals surface area contributed by atoms with E-state index in [2.05, 4.69) is 20.1 Å². The molecular weight excluding hydrogens is 384 g/mol. The first-order chi connectivity index (χ1) is 13.1. The van der Waals surface area contributed by atoms with E-state index in [4.69, 9.17) is 9.15 Å². The maximum atomic E-state index is 12.7. The van der Waals surface area contributed by atoms with Gasteiger partial charge in [0.2, 0.25) is 5.13 Å². The van der Waals surface area contributed by atoms with Crippen LogP contribution < -0.4 is 5.32 Å². The SMILES string of the molecule is COCCNc1nnc(SCC(=O)c2cc(C)n(Cc3ccco3)c2C)s1. The second-order valence-electron chi connectivity index (χ2n) is 5.95. The summed E-state index contributed by atoms with van der Waals surface area (Å²) >= 11 is 2.85. The van der Waals surface area contributed by atoms with Gasteiger partial charge in [0.1, 0.15) is 5.76 Å². The molecule has 0 spiro atoms. The van der Waals surface area contributed by atoms with Crippen LogP contribution >= 0.6 is 23.1 Å². The highest BCUT2D eigenvalue weighted by atomic mass is 32.2. The highest BCUT2D eigenvalue weighted by molar-refractivity contribution is 8.01. The molecule has 144 valence electrons. The van der Waals surface area contributed by atoms with Crippen molar-refractivity contribution in [3.63, 3.8) is 0 Å². The van der Waals surface area contributed by atoms with Crippen molar-refractivity contribution in [2.24, 2.45) is 0 Å². The quantitative estimate of drug-likeness (QED) is 0.313. The number of ketones is 1. The molecular formula is C18H22N4O3S2. The topological polar surface area (TPSA) is 82.2 Å². The third-order valence-electron chi connectivity index (χ3n) is 4.08. The monoisotopic (exact) mass is 406 g/mol. The number of hydrogen-bond acceptors (Lipinski definition) is 8. The van der Waals surface area contributed by atoms with E-state index in [0.29, 0.717) is 25.4 Å². The molecule has 0 aliphatic heterocycles. The van der Waals surface area contributed by atoms with Crippen LogP contribution in [0.15, 0.2) is 33.2 Å². The highest BCUT2D eigenvalue weighted by Gasteiger charge is 2.17. The van der Waals surface area contributed by atoms with Crippen molar-refractivity contribution >= 4 is 34.0 Å². The Hall–Kier alpha value is -2.10. The molecule has 0 radical (unpaired) electrons. The number of nitrogens with one attached hydrogen (secondary N) is 1. The Morgan fingerprint density at radius 3 is 3.00 bits per heavy atom. The van der Waals surface area contributed by atoms with Crippen LogP contribution in [0, 0.1) is 13.8 Å². The van der Waals surface area contributed by atoms with Crippen molar-refractivity contribution in [3.8, 4) is 0 Å². The number of carbonyl (C=O) groups excluding carboxylic acids is 1. The van der Waals surface area contributed by atoms with Crippen molar-refractivity contribution in [3.05, 3.63) is 47.2 Å². The molecule has 0 amide bonds. The fraction of sp³-hybridized carbons (Fsp3) is 0.389. The summed E-state index contributed by atoms with van der Waals surface area (Å²) in [4.78, 5) is 12.7. The van der Waals surface area contributed by atoms with Crippen LogP contribution in [0.25, 0.3) is 0 Å². The normalized spacial score (nSPS) is 11.1. The molecule has 0 saturated heterocycles. The number of Topliss-reactive ketones (excluding diaryl/α,β-unsaturated/α-hetero) is 1. The number of aryl methyl sites for hydroxylation is 1. The van der Waals surface area contributed by atoms with Crippen molar-refractivity contribution < 1.29 is 13.9 Å². The third kappa shape index (κ3) is 5.00. The molecule has 27 heavy (non-hydrogen) atoms. The molecule has 0 saturated carbocycles. The number of furan rings is 1. The van der Waals surface area contributed by atoms with Crippen LogP contribution in [0.4, 0.5) is 5.13 Å². The van der Waals surface area contributed by atoms with E-state index in [0.717, 1.165) is 32.2 Å². The molecule has 0 aliphatic rings. The molecule has 3 heterocycles. The second-order valence-corrected chi connectivity index (χ2v) is 8.15. The van der Waals surface area contributed by atoms with Gasteiger partial charge in [0.25, 0.3) is 0 Å². The molecule has 3 aromatic rings. The zero-order valence-corrected chi connectivity index (χ0v) is 17.2. The Morgan fingerprint density at radius 1 is 1.41 bits per heavy atom. The number of rotatable bonds is 10. The lowest BCUT2D eigenvalue weighted by Crippen LogP contribution is -2.07. The maximum absolute atomic E-state index is 12.7. The Bertz CT molecular complexity index is 887. The van der Waals surface area contributed by atoms with Gasteiger partial charge in [0.05, 0.1) is 25.2 Å². The molecule has 1 N–H and O–H groups in total. The third-order valence-corrected chi connectivity index (χ3v) is 6.10. The molecule has 0 atom stereocenters. The predicted octanol–water partition coefficient (Wildman–Crippen LogP) is 3.63. The smallest absolute Gasteiger partial charge is 0.206 e. The number of ether oxygens (including phenoxy) is 1. The minimum atomic E-state index is 0.0860. The maximum Gasteiger partial charge on any atom is 0.206 e. The van der Waals surface area contributed by atoms with Gasteiger partial charge in [-0.15, -0.1) is 10.2 Å². The Labute approximate surface area is 166 Å². The number of thioether (sulfide) groups is 1. The lowest BCUT2D eigenvalue weighted by molar-refractivity contribution is 0.102. The molecule has 0 aromatic carbocycles. The van der Waals surface area contributed by atoms with Crippen LogP contribution in [0.3, 0.4) is 0 Å². The van der Waals surface area contributed by atoms with Crippen molar-refractivity contribution in [2.75, 3.05) is 31.3 Å². The second kappa shape index (κ2) is 9.20. The zero-order valence-electron chi connectivity index (χ0n) is 15.5. The zero-order chi connectivity index (χ0) is 19.2. The van der Waals surface area contributed by atoms with Crippen LogP contribution in [0.5, 0.6) is 0 Å². The summed E-state index contributed by atoms with van der Waals surface area (Å²) in [5.74, 6) is 1.29. The first-order valence-corrected chi connectivity index (χ1v) is 10.3. The summed E-state index contributed by atoms with van der Waals surface area (Å²) in [7, 11) is 1.65. The molecule has 0 aliphatic carbocycles. The number of methoxy groups -OCH3 is 1. The summed E-state index contributed by atoms with van der Waals surface area (Å²) in [6.45, 7) is 5.88. The van der Waals surface area contributed by atoms with Crippen LogP contribution in [0.1, 0.15) is 27.5 Å². The Kier molecular flexibility index (Phi) is 6.70. The van der Waals surface area contributed by atoms with Crippen LogP contribution in [-0.2, 0) is 11.3 Å². The van der Waals surface area contributed by atoms with Crippen LogP contribution in [-0.4, -0.2) is 46.6 Å². The largest absolute Gasteiger partial charge is 0.467 e. The van der Waals surface area contributed by atoms with E-state index in [9.17, 15) is 4.79 Å². The van der Waals surface area contributed by atoms with E-state index in [-0.39, 0.29) is 5.78 Å². The Balaban J connectivity index is 1.60. The van der Waals surface area contributed by atoms with E-state index < -0.39 is 0 Å². The molecule has 3 aromatic heterocycles. The van der Waals surface area contributed by atoms with Crippen molar-refractivity contribution in [1.82, 2.24) is 14.8 Å². The Morgan fingerprint density at radius 2 is 2.26 bits per heavy atom. The summed E-state index contributed by atoms with van der Waals surface area (Å²) < 4.78 is 13.3. The van der Waals surface area contributed by atoms with Crippen LogP contribution in [0.2, 0.25) is 0 Å². The molecule has 3 rings (SSSR count). The van der Waals surface area contributed by atoms with Gasteiger partial charge in [-0.25, -0.2) is 0 Å². The molecule has 9 heteroatoms. The van der Waals surface area contributed by atoms with E-state index >= 15 is 0 Å². The fourth-order valence-electron chi connectivity index (χ4n) is 2.69. The minimum Gasteiger partial charge on any atom is -0.467 e. The number of hydrogen-bond donors (Lipinski definition) is 1. The average Bonchev–Trinajstić information content (AvgIpc) is 3.38. The van der Waals surface area contributed by atoms with Gasteiger partial charge >= 0.3 is 0 Å². The molecule has 0 fully saturated rings.